The maximum absolute atomic E-state index is 12.4. The first-order valence-electron chi connectivity index (χ1n) is 9.03. The number of hydroxylamine groups is 1. The van der Waals surface area contributed by atoms with Crippen LogP contribution in [0.15, 0.2) is 24.3 Å². The molecule has 0 spiro atoms. The van der Waals surface area contributed by atoms with Gasteiger partial charge in [-0.2, -0.15) is 11.8 Å². The van der Waals surface area contributed by atoms with E-state index < -0.39 is 5.54 Å². The largest absolute Gasteiger partial charge is 0.497 e. The Bertz CT molecular complexity index is 597. The summed E-state index contributed by atoms with van der Waals surface area (Å²) < 4.78 is 5.16. The van der Waals surface area contributed by atoms with E-state index in [1.807, 2.05) is 31.2 Å². The van der Waals surface area contributed by atoms with Crippen molar-refractivity contribution in [3.05, 3.63) is 29.8 Å². The van der Waals surface area contributed by atoms with Gasteiger partial charge in [0.15, 0.2) is 0 Å². The van der Waals surface area contributed by atoms with Crippen molar-refractivity contribution in [2.75, 3.05) is 19.9 Å². The highest BCUT2D eigenvalue weighted by atomic mass is 32.2. The summed E-state index contributed by atoms with van der Waals surface area (Å²) in [6.07, 6.45) is 3.01. The highest BCUT2D eigenvalue weighted by Gasteiger charge is 2.32. The van der Waals surface area contributed by atoms with E-state index in [1.54, 1.807) is 31.4 Å². The number of methoxy groups -OCH3 is 1. The first-order valence-corrected chi connectivity index (χ1v) is 10.1. The average Bonchev–Trinajstić information content (AvgIpc) is 2.67. The number of nitrogens with two attached hydrogens (primary N) is 1. The van der Waals surface area contributed by atoms with Gasteiger partial charge in [0.2, 0.25) is 11.8 Å². The molecule has 5 N–H and O–H groups in total. The molecule has 7 nitrogen and oxygen atoms in total. The molecule has 2 atom stereocenters. The van der Waals surface area contributed by atoms with E-state index in [0.29, 0.717) is 12.8 Å². The zero-order valence-corrected chi connectivity index (χ0v) is 17.1. The van der Waals surface area contributed by atoms with Crippen LogP contribution >= 0.6 is 11.8 Å². The second-order valence-electron chi connectivity index (χ2n) is 6.64. The Morgan fingerprint density at radius 1 is 1.30 bits per heavy atom. The summed E-state index contributed by atoms with van der Waals surface area (Å²) in [6.45, 7) is 1.95. The smallest absolute Gasteiger partial charge is 0.244 e. The zero-order chi connectivity index (χ0) is 20.3. The molecule has 0 aliphatic carbocycles. The van der Waals surface area contributed by atoms with E-state index in [1.165, 1.54) is 0 Å². The SMILES string of the molecule is CNC(=O)[C@](N)(CCCCSC(C)CC(=O)NO)Cc1ccc(OC)cc1. The Balaban J connectivity index is 2.51. The molecule has 0 saturated heterocycles. The lowest BCUT2D eigenvalue weighted by Crippen LogP contribution is -2.54. The first-order chi connectivity index (χ1) is 12.8. The number of likely N-dealkylation sites (N-methyl/N-ethyl adjacent to an activating group) is 1. The Kier molecular flexibility index (Phi) is 10.2. The number of unbranched alkanes of at least 4 members (excludes halogenated alkanes) is 1. The van der Waals surface area contributed by atoms with Gasteiger partial charge in [0.25, 0.3) is 0 Å². The number of benzene rings is 1. The van der Waals surface area contributed by atoms with Crippen molar-refractivity contribution < 1.29 is 19.5 Å². The van der Waals surface area contributed by atoms with Gasteiger partial charge in [-0.3, -0.25) is 14.8 Å². The predicted octanol–water partition coefficient (Wildman–Crippen LogP) is 1.87. The fourth-order valence-corrected chi connectivity index (χ4v) is 3.87. The molecular weight excluding hydrogens is 366 g/mol. The van der Waals surface area contributed by atoms with Crippen LogP contribution in [0.3, 0.4) is 0 Å². The van der Waals surface area contributed by atoms with Crippen LogP contribution in [0.5, 0.6) is 5.75 Å². The van der Waals surface area contributed by atoms with E-state index >= 15 is 0 Å². The molecule has 0 aliphatic heterocycles. The molecule has 152 valence electrons. The van der Waals surface area contributed by atoms with Crippen molar-refractivity contribution in [3.63, 3.8) is 0 Å². The fraction of sp³-hybridized carbons (Fsp3) is 0.579. The molecule has 8 heteroatoms. The van der Waals surface area contributed by atoms with Crippen LogP contribution in [-0.4, -0.2) is 47.7 Å². The van der Waals surface area contributed by atoms with Crippen LogP contribution in [0, 0.1) is 0 Å². The third-order valence-corrected chi connectivity index (χ3v) is 5.64. The van der Waals surface area contributed by atoms with E-state index in [0.717, 1.165) is 29.9 Å². The summed E-state index contributed by atoms with van der Waals surface area (Å²) in [4.78, 5) is 23.5. The number of carbonyl (C=O) groups excluding carboxylic acids is 2. The van der Waals surface area contributed by atoms with Crippen LogP contribution in [0.25, 0.3) is 0 Å². The topological polar surface area (TPSA) is 114 Å². The van der Waals surface area contributed by atoms with E-state index in [9.17, 15) is 9.59 Å². The number of ether oxygens (including phenoxy) is 1. The van der Waals surface area contributed by atoms with Gasteiger partial charge in [-0.15, -0.1) is 0 Å². The minimum Gasteiger partial charge on any atom is -0.497 e. The molecule has 1 unspecified atom stereocenters. The van der Waals surface area contributed by atoms with Crippen molar-refractivity contribution in [1.29, 1.82) is 0 Å². The Hall–Kier alpha value is -1.77. The molecule has 0 radical (unpaired) electrons. The number of carbonyl (C=O) groups is 2. The molecule has 0 aliphatic rings. The molecule has 27 heavy (non-hydrogen) atoms. The minimum atomic E-state index is -0.962. The van der Waals surface area contributed by atoms with Gasteiger partial charge in [-0.05, 0) is 42.7 Å². The lowest BCUT2D eigenvalue weighted by molar-refractivity contribution is -0.129. The van der Waals surface area contributed by atoms with Crippen molar-refractivity contribution in [2.45, 2.75) is 49.8 Å². The third kappa shape index (κ3) is 8.19. The highest BCUT2D eigenvalue weighted by Crippen LogP contribution is 2.22. The molecule has 0 saturated carbocycles. The standard InChI is InChI=1S/C19H31N3O4S/c1-14(12-17(23)22-25)27-11-5-4-10-19(20,18(24)21-2)13-15-6-8-16(26-3)9-7-15/h6-9,14,25H,4-5,10-13,20H2,1-3H3,(H,21,24)(H,22,23)/t14?,19-/m0/s1. The number of thioether (sulfide) groups is 1. The molecule has 1 rings (SSSR count). The van der Waals surface area contributed by atoms with Crippen molar-refractivity contribution in [1.82, 2.24) is 10.8 Å². The summed E-state index contributed by atoms with van der Waals surface area (Å²) in [5.41, 5.74) is 8.12. The van der Waals surface area contributed by atoms with Crippen LogP contribution in [-0.2, 0) is 16.0 Å². The number of amides is 2. The first kappa shape index (κ1) is 23.3. The quantitative estimate of drug-likeness (QED) is 0.243. The van der Waals surface area contributed by atoms with Gasteiger partial charge in [0, 0.05) is 18.7 Å². The number of nitrogens with one attached hydrogen (secondary N) is 2. The number of hydrogen-bond acceptors (Lipinski definition) is 6. The van der Waals surface area contributed by atoms with Gasteiger partial charge >= 0.3 is 0 Å². The number of rotatable bonds is 12. The van der Waals surface area contributed by atoms with Crippen LogP contribution in [0.4, 0.5) is 0 Å². The van der Waals surface area contributed by atoms with Gasteiger partial charge < -0.3 is 15.8 Å². The molecule has 0 heterocycles. The lowest BCUT2D eigenvalue weighted by atomic mass is 9.86. The van der Waals surface area contributed by atoms with E-state index in [2.05, 4.69) is 5.32 Å². The molecule has 0 fully saturated rings. The lowest BCUT2D eigenvalue weighted by Gasteiger charge is -2.28. The van der Waals surface area contributed by atoms with Crippen molar-refractivity contribution >= 4 is 23.6 Å². The second kappa shape index (κ2) is 11.8. The summed E-state index contributed by atoms with van der Waals surface area (Å²) >= 11 is 1.67. The normalized spacial score (nSPS) is 14.1. The summed E-state index contributed by atoms with van der Waals surface area (Å²) in [5.74, 6) is 1.09. The Labute approximate surface area is 165 Å². The van der Waals surface area contributed by atoms with Gasteiger partial charge in [0.05, 0.1) is 12.6 Å². The van der Waals surface area contributed by atoms with Crippen molar-refractivity contribution in [2.24, 2.45) is 5.73 Å². The van der Waals surface area contributed by atoms with Gasteiger partial charge in [0.1, 0.15) is 5.75 Å². The number of hydrogen-bond donors (Lipinski definition) is 4. The molecular formula is C19H31N3O4S. The Morgan fingerprint density at radius 3 is 2.52 bits per heavy atom. The van der Waals surface area contributed by atoms with Crippen LogP contribution in [0.2, 0.25) is 0 Å². The third-order valence-electron chi connectivity index (χ3n) is 4.38. The van der Waals surface area contributed by atoms with Crippen LogP contribution < -0.4 is 21.3 Å². The van der Waals surface area contributed by atoms with E-state index in [4.69, 9.17) is 15.7 Å². The second-order valence-corrected chi connectivity index (χ2v) is 8.18. The fourth-order valence-electron chi connectivity index (χ4n) is 2.83. The zero-order valence-electron chi connectivity index (χ0n) is 16.3. The van der Waals surface area contributed by atoms with Crippen LogP contribution in [0.1, 0.15) is 38.2 Å². The summed E-state index contributed by atoms with van der Waals surface area (Å²) in [7, 11) is 3.21. The molecule has 1 aromatic carbocycles. The summed E-state index contributed by atoms with van der Waals surface area (Å²) in [5, 5.41) is 11.3. The Morgan fingerprint density at radius 2 is 1.96 bits per heavy atom. The van der Waals surface area contributed by atoms with Gasteiger partial charge in [-0.25, -0.2) is 5.48 Å². The molecule has 2 amide bonds. The minimum absolute atomic E-state index is 0.123. The van der Waals surface area contributed by atoms with Crippen molar-refractivity contribution in [3.8, 4) is 5.75 Å². The van der Waals surface area contributed by atoms with Gasteiger partial charge in [-0.1, -0.05) is 25.5 Å². The highest BCUT2D eigenvalue weighted by molar-refractivity contribution is 7.99. The summed E-state index contributed by atoms with van der Waals surface area (Å²) in [6, 6.07) is 7.57. The molecule has 0 bridgehead atoms. The molecule has 0 aromatic heterocycles. The monoisotopic (exact) mass is 397 g/mol. The molecule has 1 aromatic rings. The average molecular weight is 398 g/mol. The maximum Gasteiger partial charge on any atom is 0.244 e. The maximum atomic E-state index is 12.4. The predicted molar refractivity (Wildman–Crippen MR) is 108 cm³/mol. The van der Waals surface area contributed by atoms with E-state index in [-0.39, 0.29) is 23.5 Å².